The number of carbonyl (C=O) groups is 2. The highest BCUT2D eigenvalue weighted by atomic mass is 16.5. The van der Waals surface area contributed by atoms with Gasteiger partial charge >= 0.3 is 11.9 Å². The van der Waals surface area contributed by atoms with E-state index in [2.05, 4.69) is 21.7 Å². The van der Waals surface area contributed by atoms with E-state index in [1.165, 1.54) is 14.2 Å². The molecule has 0 unspecified atom stereocenters. The predicted octanol–water partition coefficient (Wildman–Crippen LogP) is 2.90. The van der Waals surface area contributed by atoms with Gasteiger partial charge in [-0.1, -0.05) is 19.8 Å². The maximum atomic E-state index is 11.7. The average molecular weight is 321 g/mol. The van der Waals surface area contributed by atoms with Crippen molar-refractivity contribution in [1.29, 1.82) is 0 Å². The minimum absolute atomic E-state index is 0.00374. The Morgan fingerprint density at radius 1 is 1.09 bits per heavy atom. The molecule has 6 nitrogen and oxygen atoms in total. The summed E-state index contributed by atoms with van der Waals surface area (Å²) in [4.78, 5) is 22.9. The number of methoxy groups -OCH3 is 2. The fourth-order valence-corrected chi connectivity index (χ4v) is 1.76. The molecule has 0 aliphatic heterocycles. The predicted molar refractivity (Wildman–Crippen MR) is 87.2 cm³/mol. The number of benzene rings is 1. The zero-order chi connectivity index (χ0) is 17.1. The van der Waals surface area contributed by atoms with Crippen molar-refractivity contribution in [3.05, 3.63) is 36.0 Å². The molecule has 0 radical (unpaired) electrons. The van der Waals surface area contributed by atoms with Crippen LogP contribution in [0.2, 0.25) is 0 Å². The van der Waals surface area contributed by atoms with Gasteiger partial charge in [-0.15, -0.1) is 0 Å². The van der Waals surface area contributed by atoms with Gasteiger partial charge in [0.2, 0.25) is 0 Å². The van der Waals surface area contributed by atoms with Crippen LogP contribution in [-0.4, -0.2) is 32.8 Å². The van der Waals surface area contributed by atoms with Crippen LogP contribution in [0.4, 0.5) is 5.69 Å². The molecule has 0 atom stereocenters. The second-order valence-electron chi connectivity index (χ2n) is 4.78. The van der Waals surface area contributed by atoms with Crippen LogP contribution < -0.4 is 10.1 Å². The van der Waals surface area contributed by atoms with Crippen molar-refractivity contribution in [3.8, 4) is 5.75 Å². The smallest absolute Gasteiger partial charge is 0.354 e. The molecule has 0 aliphatic rings. The van der Waals surface area contributed by atoms with E-state index in [1.54, 1.807) is 24.3 Å². The van der Waals surface area contributed by atoms with Crippen LogP contribution in [0, 0.1) is 0 Å². The van der Waals surface area contributed by atoms with Crippen molar-refractivity contribution < 1.29 is 23.8 Å². The number of carbonyl (C=O) groups excluding carboxylic acids is 2. The van der Waals surface area contributed by atoms with Crippen LogP contribution in [-0.2, 0) is 19.1 Å². The van der Waals surface area contributed by atoms with E-state index in [0.29, 0.717) is 12.3 Å². The molecule has 0 amide bonds. The number of esters is 2. The summed E-state index contributed by atoms with van der Waals surface area (Å²) in [5.74, 6) is -0.549. The number of ether oxygens (including phenoxy) is 3. The highest BCUT2D eigenvalue weighted by Crippen LogP contribution is 2.18. The Labute approximate surface area is 136 Å². The van der Waals surface area contributed by atoms with E-state index in [-0.39, 0.29) is 5.70 Å². The van der Waals surface area contributed by atoms with Gasteiger partial charge in [-0.3, -0.25) is 0 Å². The molecule has 0 saturated heterocycles. The third kappa shape index (κ3) is 6.86. The fourth-order valence-electron chi connectivity index (χ4n) is 1.76. The molecular weight excluding hydrogens is 298 g/mol. The molecule has 23 heavy (non-hydrogen) atoms. The molecule has 0 bridgehead atoms. The summed E-state index contributed by atoms with van der Waals surface area (Å²) in [7, 11) is 2.47. The SMILES string of the molecule is CCCCCOc1ccc(N/C(=C/C(=O)OC)C(=O)OC)cc1. The van der Waals surface area contributed by atoms with Crippen molar-refractivity contribution in [3.63, 3.8) is 0 Å². The summed E-state index contributed by atoms with van der Waals surface area (Å²) in [5.41, 5.74) is 0.627. The molecule has 0 aliphatic carbocycles. The summed E-state index contributed by atoms with van der Waals surface area (Å²) in [6.07, 6.45) is 4.35. The molecule has 0 aromatic heterocycles. The topological polar surface area (TPSA) is 73.9 Å². The first kappa shape index (κ1) is 18.5. The Morgan fingerprint density at radius 2 is 1.78 bits per heavy atom. The van der Waals surface area contributed by atoms with Gasteiger partial charge in [0.1, 0.15) is 11.4 Å². The Bertz CT molecular complexity index is 536. The van der Waals surface area contributed by atoms with Crippen LogP contribution in [0.15, 0.2) is 36.0 Å². The minimum Gasteiger partial charge on any atom is -0.494 e. The molecule has 0 fully saturated rings. The average Bonchev–Trinajstić information content (AvgIpc) is 2.58. The molecule has 0 heterocycles. The van der Waals surface area contributed by atoms with Gasteiger partial charge in [0.05, 0.1) is 26.9 Å². The lowest BCUT2D eigenvalue weighted by Crippen LogP contribution is -2.15. The summed E-state index contributed by atoms with van der Waals surface area (Å²) in [5, 5.41) is 2.83. The van der Waals surface area contributed by atoms with Crippen molar-refractivity contribution in [2.45, 2.75) is 26.2 Å². The van der Waals surface area contributed by atoms with Crippen molar-refractivity contribution in [1.82, 2.24) is 0 Å². The van der Waals surface area contributed by atoms with E-state index < -0.39 is 11.9 Å². The van der Waals surface area contributed by atoms with Crippen LogP contribution in [0.3, 0.4) is 0 Å². The maximum Gasteiger partial charge on any atom is 0.354 e. The van der Waals surface area contributed by atoms with Gasteiger partial charge in [0, 0.05) is 5.69 Å². The second kappa shape index (κ2) is 10.3. The zero-order valence-electron chi connectivity index (χ0n) is 13.8. The largest absolute Gasteiger partial charge is 0.494 e. The Balaban J connectivity index is 2.68. The lowest BCUT2D eigenvalue weighted by molar-refractivity contribution is -0.138. The van der Waals surface area contributed by atoms with Gasteiger partial charge in [-0.05, 0) is 30.7 Å². The lowest BCUT2D eigenvalue weighted by Gasteiger charge is -2.10. The zero-order valence-corrected chi connectivity index (χ0v) is 13.8. The highest BCUT2D eigenvalue weighted by Gasteiger charge is 2.12. The monoisotopic (exact) mass is 321 g/mol. The van der Waals surface area contributed by atoms with Gasteiger partial charge in [0.15, 0.2) is 0 Å². The highest BCUT2D eigenvalue weighted by molar-refractivity contribution is 5.98. The molecule has 6 heteroatoms. The molecule has 126 valence electrons. The molecule has 0 spiro atoms. The molecule has 1 N–H and O–H groups in total. The fraction of sp³-hybridized carbons (Fsp3) is 0.412. The first-order chi connectivity index (χ1) is 11.1. The molecule has 0 saturated carbocycles. The molecule has 1 aromatic rings. The minimum atomic E-state index is -0.657. The van der Waals surface area contributed by atoms with Gasteiger partial charge < -0.3 is 19.5 Å². The first-order valence-electron chi connectivity index (χ1n) is 7.48. The molecule has 1 rings (SSSR count). The summed E-state index contributed by atoms with van der Waals surface area (Å²) in [6, 6.07) is 7.09. The summed E-state index contributed by atoms with van der Waals surface area (Å²) < 4.78 is 14.8. The number of hydrogen-bond acceptors (Lipinski definition) is 6. The van der Waals surface area contributed by atoms with E-state index in [0.717, 1.165) is 31.1 Å². The first-order valence-corrected chi connectivity index (χ1v) is 7.48. The van der Waals surface area contributed by atoms with Crippen LogP contribution >= 0.6 is 0 Å². The number of hydrogen-bond donors (Lipinski definition) is 1. The van der Waals surface area contributed by atoms with Gasteiger partial charge in [-0.2, -0.15) is 0 Å². The normalized spacial score (nSPS) is 10.8. The third-order valence-electron chi connectivity index (χ3n) is 3.02. The Hall–Kier alpha value is -2.50. The van der Waals surface area contributed by atoms with Crippen molar-refractivity contribution in [2.24, 2.45) is 0 Å². The van der Waals surface area contributed by atoms with Crippen LogP contribution in [0.5, 0.6) is 5.75 Å². The number of unbranched alkanes of at least 4 members (excludes halogenated alkanes) is 2. The third-order valence-corrected chi connectivity index (χ3v) is 3.02. The second-order valence-corrected chi connectivity index (χ2v) is 4.78. The molecular formula is C17H23NO5. The van der Waals surface area contributed by atoms with E-state index in [9.17, 15) is 9.59 Å². The van der Waals surface area contributed by atoms with Crippen molar-refractivity contribution in [2.75, 3.05) is 26.1 Å². The number of anilines is 1. The van der Waals surface area contributed by atoms with Crippen molar-refractivity contribution >= 4 is 17.6 Å². The number of rotatable bonds is 9. The van der Waals surface area contributed by atoms with Gasteiger partial charge in [0.25, 0.3) is 0 Å². The summed E-state index contributed by atoms with van der Waals surface area (Å²) >= 11 is 0. The Morgan fingerprint density at radius 3 is 2.35 bits per heavy atom. The lowest BCUT2D eigenvalue weighted by atomic mass is 10.2. The maximum absolute atomic E-state index is 11.7. The van der Waals surface area contributed by atoms with Crippen LogP contribution in [0.25, 0.3) is 0 Å². The van der Waals surface area contributed by atoms with E-state index in [4.69, 9.17) is 4.74 Å². The summed E-state index contributed by atoms with van der Waals surface area (Å²) in [6.45, 7) is 2.82. The quantitative estimate of drug-likeness (QED) is 0.428. The molecule has 1 aromatic carbocycles. The van der Waals surface area contributed by atoms with E-state index >= 15 is 0 Å². The standard InChI is InChI=1S/C17H23NO5/c1-4-5-6-11-23-14-9-7-13(8-10-14)18-15(17(20)22-3)12-16(19)21-2/h7-10,12,18H,4-6,11H2,1-3H3/b15-12+. The number of nitrogens with one attached hydrogen (secondary N) is 1. The van der Waals surface area contributed by atoms with E-state index in [1.807, 2.05) is 0 Å². The van der Waals surface area contributed by atoms with Gasteiger partial charge in [-0.25, -0.2) is 9.59 Å². The Kier molecular flexibility index (Phi) is 8.28. The van der Waals surface area contributed by atoms with Crippen LogP contribution in [0.1, 0.15) is 26.2 Å².